The number of carbonyl (C=O) groups excluding carboxylic acids is 2. The van der Waals surface area contributed by atoms with Gasteiger partial charge in [0.15, 0.2) is 6.61 Å². The molecule has 0 unspecified atom stereocenters. The van der Waals surface area contributed by atoms with E-state index in [9.17, 15) is 22.4 Å². The second kappa shape index (κ2) is 12.2. The van der Waals surface area contributed by atoms with Gasteiger partial charge in [-0.1, -0.05) is 60.7 Å². The molecule has 0 aliphatic rings. The van der Waals surface area contributed by atoms with Gasteiger partial charge in [0.05, 0.1) is 4.90 Å². The molecule has 7 nitrogen and oxygen atoms in total. The summed E-state index contributed by atoms with van der Waals surface area (Å²) in [6.45, 7) is -0.745. The molecule has 184 valence electrons. The van der Waals surface area contributed by atoms with E-state index in [0.717, 1.165) is 39.7 Å². The second-order valence-electron chi connectivity index (χ2n) is 7.89. The molecule has 9 heteroatoms. The molecule has 1 amide bonds. The summed E-state index contributed by atoms with van der Waals surface area (Å²) in [5.41, 5.74) is 2.26. The number of amides is 1. The molecule has 0 radical (unpaired) electrons. The molecule has 1 N–H and O–H groups in total. The molecule has 35 heavy (non-hydrogen) atoms. The average Bonchev–Trinajstić information content (AvgIpc) is 2.86. The number of sulfonamides is 1. The van der Waals surface area contributed by atoms with E-state index >= 15 is 0 Å². The minimum absolute atomic E-state index is 0.0885. The van der Waals surface area contributed by atoms with E-state index in [-0.39, 0.29) is 10.8 Å². The van der Waals surface area contributed by atoms with Gasteiger partial charge in [-0.2, -0.15) is 4.31 Å². The van der Waals surface area contributed by atoms with Crippen LogP contribution in [0.1, 0.15) is 23.5 Å². The Labute approximate surface area is 204 Å². The normalized spacial score (nSPS) is 11.4. The van der Waals surface area contributed by atoms with Crippen molar-refractivity contribution in [2.75, 3.05) is 26.7 Å². The van der Waals surface area contributed by atoms with Gasteiger partial charge < -0.3 is 10.1 Å². The lowest BCUT2D eigenvalue weighted by Crippen LogP contribution is -2.35. The SMILES string of the molecule is CN(CC(=O)OCC(=O)NCCC(c1ccccc1)c1ccccc1)S(=O)(=O)c1ccc(F)cc1. The van der Waals surface area contributed by atoms with Crippen molar-refractivity contribution in [2.45, 2.75) is 17.2 Å². The van der Waals surface area contributed by atoms with Crippen molar-refractivity contribution in [3.05, 3.63) is 102 Å². The third kappa shape index (κ3) is 7.46. The molecule has 0 atom stereocenters. The zero-order valence-electron chi connectivity index (χ0n) is 19.3. The lowest BCUT2D eigenvalue weighted by atomic mass is 9.88. The first-order valence-electron chi connectivity index (χ1n) is 11.0. The number of hydrogen-bond acceptors (Lipinski definition) is 5. The average molecular weight is 499 g/mol. The van der Waals surface area contributed by atoms with Gasteiger partial charge in [-0.05, 0) is 41.8 Å². The monoisotopic (exact) mass is 498 g/mol. The van der Waals surface area contributed by atoms with Gasteiger partial charge in [0.2, 0.25) is 10.0 Å². The van der Waals surface area contributed by atoms with Crippen LogP contribution in [0.25, 0.3) is 0 Å². The third-order valence-corrected chi connectivity index (χ3v) is 7.21. The standard InChI is InChI=1S/C26H27FN2O5S/c1-29(35(32,33)23-14-12-22(27)13-15-23)18-26(31)34-19-25(30)28-17-16-24(20-8-4-2-5-9-20)21-10-6-3-7-11-21/h2-15,24H,16-19H2,1H3,(H,28,30). The summed E-state index contributed by atoms with van der Waals surface area (Å²) < 4.78 is 43.7. The number of likely N-dealkylation sites (N-methyl/N-ethyl adjacent to an activating group) is 1. The predicted molar refractivity (Wildman–Crippen MR) is 130 cm³/mol. The molecule has 3 aromatic rings. The molecule has 3 aromatic carbocycles. The quantitative estimate of drug-likeness (QED) is 0.410. The van der Waals surface area contributed by atoms with Crippen molar-refractivity contribution in [2.24, 2.45) is 0 Å². The fourth-order valence-electron chi connectivity index (χ4n) is 3.55. The topological polar surface area (TPSA) is 92.8 Å². The molecule has 3 rings (SSSR count). The van der Waals surface area contributed by atoms with Crippen LogP contribution in [0, 0.1) is 5.82 Å². The van der Waals surface area contributed by atoms with Crippen LogP contribution in [-0.2, 0) is 24.3 Å². The number of nitrogens with zero attached hydrogens (tertiary/aromatic N) is 1. The molecule has 0 heterocycles. The van der Waals surface area contributed by atoms with Gasteiger partial charge in [-0.3, -0.25) is 9.59 Å². The molecular weight excluding hydrogens is 471 g/mol. The summed E-state index contributed by atoms with van der Waals surface area (Å²) in [6, 6.07) is 24.2. The first-order valence-corrected chi connectivity index (χ1v) is 12.5. The predicted octanol–water partition coefficient (Wildman–Crippen LogP) is 3.33. The Kier molecular flexibility index (Phi) is 9.11. The van der Waals surface area contributed by atoms with Gasteiger partial charge in [0, 0.05) is 19.5 Å². The van der Waals surface area contributed by atoms with Crippen LogP contribution in [0.4, 0.5) is 4.39 Å². The highest BCUT2D eigenvalue weighted by atomic mass is 32.2. The molecule has 0 aromatic heterocycles. The molecular formula is C26H27FN2O5S. The minimum Gasteiger partial charge on any atom is -0.455 e. The van der Waals surface area contributed by atoms with Crippen molar-refractivity contribution >= 4 is 21.9 Å². The minimum atomic E-state index is -4.00. The van der Waals surface area contributed by atoms with Gasteiger partial charge in [-0.25, -0.2) is 12.8 Å². The molecule has 0 aliphatic carbocycles. The Morgan fingerprint density at radius 2 is 1.46 bits per heavy atom. The van der Waals surface area contributed by atoms with E-state index in [4.69, 9.17) is 4.74 Å². The highest BCUT2D eigenvalue weighted by Crippen LogP contribution is 2.27. The Balaban J connectivity index is 1.47. The molecule has 0 aliphatic heterocycles. The first kappa shape index (κ1) is 26.1. The van der Waals surface area contributed by atoms with E-state index < -0.39 is 40.9 Å². The maximum atomic E-state index is 13.0. The zero-order valence-corrected chi connectivity index (χ0v) is 20.1. The number of ether oxygens (including phenoxy) is 1. The van der Waals surface area contributed by atoms with Crippen molar-refractivity contribution in [1.29, 1.82) is 0 Å². The number of carbonyl (C=O) groups is 2. The fourth-order valence-corrected chi connectivity index (χ4v) is 4.66. The lowest BCUT2D eigenvalue weighted by molar-refractivity contribution is -0.148. The molecule has 0 saturated heterocycles. The van der Waals surface area contributed by atoms with Crippen molar-refractivity contribution in [3.63, 3.8) is 0 Å². The van der Waals surface area contributed by atoms with E-state index in [1.165, 1.54) is 7.05 Å². The molecule has 0 saturated carbocycles. The van der Waals surface area contributed by atoms with Gasteiger partial charge in [-0.15, -0.1) is 0 Å². The molecule has 0 bridgehead atoms. The highest BCUT2D eigenvalue weighted by Gasteiger charge is 2.24. The van der Waals surface area contributed by atoms with Gasteiger partial charge in [0.1, 0.15) is 12.4 Å². The summed E-state index contributed by atoms with van der Waals surface area (Å²) >= 11 is 0. The van der Waals surface area contributed by atoms with E-state index in [0.29, 0.717) is 13.0 Å². The number of hydrogen-bond donors (Lipinski definition) is 1. The largest absolute Gasteiger partial charge is 0.455 e. The maximum Gasteiger partial charge on any atom is 0.321 e. The van der Waals surface area contributed by atoms with Crippen LogP contribution >= 0.6 is 0 Å². The van der Waals surface area contributed by atoms with Crippen molar-refractivity contribution < 1.29 is 27.1 Å². The fraction of sp³-hybridized carbons (Fsp3) is 0.231. The highest BCUT2D eigenvalue weighted by molar-refractivity contribution is 7.89. The zero-order chi connectivity index (χ0) is 25.3. The van der Waals surface area contributed by atoms with Gasteiger partial charge in [0.25, 0.3) is 5.91 Å². The number of nitrogens with one attached hydrogen (secondary N) is 1. The summed E-state index contributed by atoms with van der Waals surface area (Å²) in [7, 11) is -2.80. The summed E-state index contributed by atoms with van der Waals surface area (Å²) in [6.07, 6.45) is 0.645. The van der Waals surface area contributed by atoms with Crippen LogP contribution in [-0.4, -0.2) is 51.3 Å². The summed E-state index contributed by atoms with van der Waals surface area (Å²) in [5.74, 6) is -1.84. The van der Waals surface area contributed by atoms with E-state index in [1.54, 1.807) is 0 Å². The van der Waals surface area contributed by atoms with Crippen LogP contribution in [0.5, 0.6) is 0 Å². The summed E-state index contributed by atoms with van der Waals surface area (Å²) in [4.78, 5) is 24.1. The smallest absolute Gasteiger partial charge is 0.321 e. The second-order valence-corrected chi connectivity index (χ2v) is 9.93. The van der Waals surface area contributed by atoms with E-state index in [1.807, 2.05) is 60.7 Å². The van der Waals surface area contributed by atoms with Crippen LogP contribution < -0.4 is 5.32 Å². The number of rotatable bonds is 11. The first-order chi connectivity index (χ1) is 16.8. The molecule has 0 fully saturated rings. The Bertz CT molecular complexity index is 1180. The maximum absolute atomic E-state index is 13.0. The van der Waals surface area contributed by atoms with Gasteiger partial charge >= 0.3 is 5.97 Å². The Morgan fingerprint density at radius 1 is 0.914 bits per heavy atom. The Morgan fingerprint density at radius 3 is 2.00 bits per heavy atom. The van der Waals surface area contributed by atoms with Crippen LogP contribution in [0.3, 0.4) is 0 Å². The lowest BCUT2D eigenvalue weighted by Gasteiger charge is -2.18. The number of halogens is 1. The van der Waals surface area contributed by atoms with Crippen molar-refractivity contribution in [1.82, 2.24) is 9.62 Å². The number of esters is 1. The third-order valence-electron chi connectivity index (χ3n) is 5.40. The molecule has 0 spiro atoms. The van der Waals surface area contributed by atoms with Crippen molar-refractivity contribution in [3.8, 4) is 0 Å². The van der Waals surface area contributed by atoms with Crippen LogP contribution in [0.15, 0.2) is 89.8 Å². The van der Waals surface area contributed by atoms with Crippen LogP contribution in [0.2, 0.25) is 0 Å². The number of benzene rings is 3. The van der Waals surface area contributed by atoms with E-state index in [2.05, 4.69) is 5.32 Å². The summed E-state index contributed by atoms with van der Waals surface area (Å²) in [5, 5.41) is 2.74. The Hall–Kier alpha value is -3.56.